The normalized spacial score (nSPS) is 11.1. The van der Waals surface area contributed by atoms with Crippen LogP contribution in [0.5, 0.6) is 0 Å². The number of rotatable bonds is 10. The number of ketones is 1. The highest BCUT2D eigenvalue weighted by atomic mass is 16.6. The topological polar surface area (TPSA) is 61.8 Å². The molecule has 0 radical (unpaired) electrons. The summed E-state index contributed by atoms with van der Waals surface area (Å²) < 4.78 is 15.3. The lowest BCUT2D eigenvalue weighted by Crippen LogP contribution is -2.14. The van der Waals surface area contributed by atoms with Crippen molar-refractivity contribution in [3.63, 3.8) is 0 Å². The van der Waals surface area contributed by atoms with Crippen molar-refractivity contribution in [3.05, 3.63) is 108 Å². The van der Waals surface area contributed by atoms with Gasteiger partial charge >= 0.3 is 5.97 Å². The lowest BCUT2D eigenvalue weighted by Gasteiger charge is -2.14. The minimum absolute atomic E-state index is 0.0145. The minimum atomic E-state index is -0.529. The first-order chi connectivity index (χ1) is 15.6. The van der Waals surface area contributed by atoms with Crippen LogP contribution in [0, 0.1) is 0 Å². The Balaban J connectivity index is 0.000000229. The van der Waals surface area contributed by atoms with Gasteiger partial charge in [0.25, 0.3) is 0 Å². The van der Waals surface area contributed by atoms with Gasteiger partial charge < -0.3 is 14.2 Å². The van der Waals surface area contributed by atoms with Crippen LogP contribution < -0.4 is 0 Å². The predicted octanol–water partition coefficient (Wildman–Crippen LogP) is 5.07. The van der Waals surface area contributed by atoms with Crippen LogP contribution in [0.2, 0.25) is 0 Å². The molecule has 0 aromatic heterocycles. The zero-order valence-electron chi connectivity index (χ0n) is 18.6. The molecule has 5 nitrogen and oxygen atoms in total. The Morgan fingerprint density at radius 1 is 0.750 bits per heavy atom. The Bertz CT molecular complexity index is 911. The highest BCUT2D eigenvalue weighted by molar-refractivity contribution is 6.00. The van der Waals surface area contributed by atoms with Gasteiger partial charge in [-0.2, -0.15) is 0 Å². The minimum Gasteiger partial charge on any atom is -0.463 e. The zero-order valence-corrected chi connectivity index (χ0v) is 18.6. The van der Waals surface area contributed by atoms with Gasteiger partial charge in [0.15, 0.2) is 5.78 Å². The third kappa shape index (κ3) is 9.25. The van der Waals surface area contributed by atoms with Crippen LogP contribution >= 0.6 is 0 Å². The maximum Gasteiger partial charge on any atom is 0.302 e. The summed E-state index contributed by atoms with van der Waals surface area (Å²) in [5, 5.41) is 0. The molecule has 32 heavy (non-hydrogen) atoms. The lowest BCUT2D eigenvalue weighted by atomic mass is 10.00. The van der Waals surface area contributed by atoms with E-state index in [1.807, 2.05) is 66.7 Å². The second-order valence-electron chi connectivity index (χ2n) is 6.94. The molecule has 0 heterocycles. The molecule has 5 heteroatoms. The van der Waals surface area contributed by atoms with Gasteiger partial charge in [0.2, 0.25) is 0 Å². The molecule has 0 N–H and O–H groups in total. The van der Waals surface area contributed by atoms with Crippen LogP contribution in [-0.2, 0) is 25.4 Å². The van der Waals surface area contributed by atoms with Crippen molar-refractivity contribution >= 4 is 11.8 Å². The van der Waals surface area contributed by atoms with E-state index >= 15 is 0 Å². The van der Waals surface area contributed by atoms with Crippen molar-refractivity contribution in [1.29, 1.82) is 0 Å². The molecule has 0 aliphatic rings. The molecule has 0 amide bonds. The molecule has 0 bridgehead atoms. The summed E-state index contributed by atoms with van der Waals surface area (Å²) in [5.74, 6) is -0.277. The second kappa shape index (κ2) is 14.7. The van der Waals surface area contributed by atoms with E-state index in [1.165, 1.54) is 12.5 Å². The fraction of sp³-hybridized carbons (Fsp3) is 0.259. The van der Waals surface area contributed by atoms with Gasteiger partial charge in [-0.1, -0.05) is 91.0 Å². The van der Waals surface area contributed by atoms with E-state index in [1.54, 1.807) is 19.2 Å². The zero-order chi connectivity index (χ0) is 23.0. The molecule has 0 fully saturated rings. The van der Waals surface area contributed by atoms with Gasteiger partial charge in [0, 0.05) is 19.6 Å². The van der Waals surface area contributed by atoms with Crippen LogP contribution in [-0.4, -0.2) is 38.7 Å². The second-order valence-corrected chi connectivity index (χ2v) is 6.94. The van der Waals surface area contributed by atoms with E-state index in [4.69, 9.17) is 14.2 Å². The van der Waals surface area contributed by atoms with Gasteiger partial charge in [-0.15, -0.1) is 0 Å². The highest BCUT2D eigenvalue weighted by Gasteiger charge is 2.20. The summed E-state index contributed by atoms with van der Waals surface area (Å²) >= 11 is 0. The number of ether oxygens (including phenoxy) is 3. The van der Waals surface area contributed by atoms with Crippen molar-refractivity contribution in [1.82, 2.24) is 0 Å². The first kappa shape index (κ1) is 25.0. The molecular formula is C27H30O5. The summed E-state index contributed by atoms with van der Waals surface area (Å²) in [5.41, 5.74) is 2.80. The standard InChI is InChI=1S/C15H14O2.C12H16O3/c1-17-15(13-10-6-3-7-11-13)14(16)12-8-4-2-5-9-12;1-11(13)15-10-9-14-8-7-12-5-3-2-4-6-12/h2-11,15H,1H3;2-6H,7-10H2,1H3. The summed E-state index contributed by atoms with van der Waals surface area (Å²) in [6, 6.07) is 28.9. The molecule has 0 aliphatic heterocycles. The molecule has 0 spiro atoms. The van der Waals surface area contributed by atoms with E-state index in [0.29, 0.717) is 25.4 Å². The van der Waals surface area contributed by atoms with Gasteiger partial charge in [-0.05, 0) is 17.5 Å². The number of methoxy groups -OCH3 is 1. The Kier molecular flexibility index (Phi) is 11.5. The Hall–Kier alpha value is -3.28. The first-order valence-electron chi connectivity index (χ1n) is 10.5. The van der Waals surface area contributed by atoms with Crippen molar-refractivity contribution in [2.45, 2.75) is 19.4 Å². The van der Waals surface area contributed by atoms with E-state index < -0.39 is 6.10 Å². The van der Waals surface area contributed by atoms with Crippen LogP contribution in [0.25, 0.3) is 0 Å². The number of Topliss-reactive ketones (excluding diaryl/α,β-unsaturated/α-hetero) is 1. The summed E-state index contributed by atoms with van der Waals surface area (Å²) in [7, 11) is 1.55. The van der Waals surface area contributed by atoms with Crippen molar-refractivity contribution < 1.29 is 23.8 Å². The quantitative estimate of drug-likeness (QED) is 0.253. The predicted molar refractivity (Wildman–Crippen MR) is 125 cm³/mol. The van der Waals surface area contributed by atoms with Crippen LogP contribution in [0.3, 0.4) is 0 Å². The number of hydrogen-bond donors (Lipinski definition) is 0. The van der Waals surface area contributed by atoms with Crippen LogP contribution in [0.4, 0.5) is 0 Å². The highest BCUT2D eigenvalue weighted by Crippen LogP contribution is 2.21. The molecule has 3 aromatic rings. The SMILES string of the molecule is CC(=O)OCCOCCc1ccccc1.COC(C(=O)c1ccccc1)c1ccccc1. The van der Waals surface area contributed by atoms with Crippen molar-refractivity contribution in [3.8, 4) is 0 Å². The van der Waals surface area contributed by atoms with Crippen LogP contribution in [0.15, 0.2) is 91.0 Å². The Labute approximate surface area is 189 Å². The molecular weight excluding hydrogens is 404 g/mol. The maximum absolute atomic E-state index is 12.3. The van der Waals surface area contributed by atoms with Gasteiger partial charge in [-0.25, -0.2) is 0 Å². The number of benzene rings is 3. The third-order valence-corrected chi connectivity index (χ3v) is 4.55. The van der Waals surface area contributed by atoms with E-state index in [9.17, 15) is 9.59 Å². The smallest absolute Gasteiger partial charge is 0.302 e. The summed E-state index contributed by atoms with van der Waals surface area (Å²) in [4.78, 5) is 22.7. The van der Waals surface area contributed by atoms with Gasteiger partial charge in [0.05, 0.1) is 13.2 Å². The third-order valence-electron chi connectivity index (χ3n) is 4.55. The average molecular weight is 435 g/mol. The Morgan fingerprint density at radius 2 is 1.31 bits per heavy atom. The fourth-order valence-electron chi connectivity index (χ4n) is 2.96. The molecule has 1 atom stereocenters. The molecule has 0 saturated heterocycles. The fourth-order valence-corrected chi connectivity index (χ4v) is 2.96. The number of esters is 1. The van der Waals surface area contributed by atoms with Crippen LogP contribution in [0.1, 0.15) is 34.5 Å². The summed E-state index contributed by atoms with van der Waals surface area (Å²) in [6.45, 7) is 2.85. The molecule has 3 rings (SSSR count). The van der Waals surface area contributed by atoms with Gasteiger partial charge in [0.1, 0.15) is 12.7 Å². The van der Waals surface area contributed by atoms with E-state index in [0.717, 1.165) is 12.0 Å². The maximum atomic E-state index is 12.3. The molecule has 1 unspecified atom stereocenters. The monoisotopic (exact) mass is 434 g/mol. The van der Waals surface area contributed by atoms with Crippen molar-refractivity contribution in [2.24, 2.45) is 0 Å². The average Bonchev–Trinajstić information content (AvgIpc) is 2.84. The molecule has 3 aromatic carbocycles. The molecule has 0 saturated carbocycles. The number of carbonyl (C=O) groups excluding carboxylic acids is 2. The lowest BCUT2D eigenvalue weighted by molar-refractivity contribution is -0.142. The summed E-state index contributed by atoms with van der Waals surface area (Å²) in [6.07, 6.45) is 0.361. The Morgan fingerprint density at radius 3 is 1.88 bits per heavy atom. The molecule has 0 aliphatic carbocycles. The number of carbonyl (C=O) groups is 2. The first-order valence-corrected chi connectivity index (χ1v) is 10.5. The van der Waals surface area contributed by atoms with Gasteiger partial charge in [-0.3, -0.25) is 9.59 Å². The number of hydrogen-bond acceptors (Lipinski definition) is 5. The van der Waals surface area contributed by atoms with Crippen molar-refractivity contribution in [2.75, 3.05) is 26.9 Å². The largest absolute Gasteiger partial charge is 0.463 e. The van der Waals surface area contributed by atoms with E-state index in [2.05, 4.69) is 12.1 Å². The van der Waals surface area contributed by atoms with E-state index in [-0.39, 0.29) is 11.8 Å². The molecule has 168 valence electrons.